The zero-order valence-corrected chi connectivity index (χ0v) is 17.2. The predicted octanol–water partition coefficient (Wildman–Crippen LogP) is 1.47. The maximum Gasteiger partial charge on any atom is 0.243 e. The Balaban J connectivity index is 1.34. The van der Waals surface area contributed by atoms with Gasteiger partial charge in [-0.2, -0.15) is 8.82 Å². The van der Waals surface area contributed by atoms with E-state index in [1.165, 1.54) is 10.4 Å². The molecule has 0 spiro atoms. The molecule has 0 saturated carbocycles. The number of aromatic nitrogens is 4. The lowest BCUT2D eigenvalue weighted by atomic mass is 9.97. The average molecular weight is 431 g/mol. The number of ether oxygens (including phenoxy) is 3. The fourth-order valence-electron chi connectivity index (χ4n) is 3.84. The highest BCUT2D eigenvalue weighted by atomic mass is 32.2. The zero-order chi connectivity index (χ0) is 20.7. The molecule has 0 unspecified atom stereocenters. The third kappa shape index (κ3) is 3.23. The van der Waals surface area contributed by atoms with Crippen molar-refractivity contribution in [3.63, 3.8) is 0 Å². The summed E-state index contributed by atoms with van der Waals surface area (Å²) in [5.41, 5.74) is 0.636. The summed E-state index contributed by atoms with van der Waals surface area (Å²) < 4.78 is 45.6. The van der Waals surface area contributed by atoms with Gasteiger partial charge in [0, 0.05) is 31.1 Å². The number of methoxy groups -OCH3 is 1. The summed E-state index contributed by atoms with van der Waals surface area (Å²) in [7, 11) is -2.07. The van der Waals surface area contributed by atoms with Crippen molar-refractivity contribution in [2.45, 2.75) is 23.7 Å². The van der Waals surface area contributed by atoms with Crippen molar-refractivity contribution in [1.29, 1.82) is 0 Å². The molecule has 2 aromatic heterocycles. The number of hydrogen-bond acceptors (Lipinski definition) is 8. The first-order chi connectivity index (χ1) is 14.6. The molecule has 0 N–H and O–H groups in total. The normalized spacial score (nSPS) is 17.9. The highest BCUT2D eigenvalue weighted by Crippen LogP contribution is 2.35. The van der Waals surface area contributed by atoms with Crippen molar-refractivity contribution in [3.05, 3.63) is 36.2 Å². The molecule has 2 aliphatic rings. The van der Waals surface area contributed by atoms with Crippen LogP contribution in [0.15, 0.2) is 35.2 Å². The van der Waals surface area contributed by atoms with E-state index in [-0.39, 0.29) is 10.8 Å². The Morgan fingerprint density at radius 2 is 1.80 bits per heavy atom. The number of rotatable bonds is 4. The Bertz CT molecular complexity index is 1190. The summed E-state index contributed by atoms with van der Waals surface area (Å²) in [5, 5.41) is 12.8. The summed E-state index contributed by atoms with van der Waals surface area (Å²) in [6, 6.07) is 8.28. The standard InChI is InChI=1S/C19H21N5O5S/c1-27-18-5-4-17-20-21-19(24(17)22-18)13-6-8-23(9-7-13)30(25,26)14-2-3-15-16(12-14)29-11-10-28-15/h2-5,12-13H,6-11H2,1H3. The van der Waals surface area contributed by atoms with Gasteiger partial charge in [0.15, 0.2) is 23.0 Å². The van der Waals surface area contributed by atoms with Crippen LogP contribution in [-0.4, -0.2) is 65.9 Å². The Hall–Kier alpha value is -2.92. The van der Waals surface area contributed by atoms with E-state index in [1.807, 2.05) is 0 Å². The number of benzene rings is 1. The van der Waals surface area contributed by atoms with Crippen LogP contribution in [-0.2, 0) is 10.0 Å². The topological polar surface area (TPSA) is 108 Å². The zero-order valence-electron chi connectivity index (χ0n) is 16.4. The SMILES string of the molecule is COc1ccc2nnc(C3CCN(S(=O)(=O)c4ccc5c(c4)OCCO5)CC3)n2n1. The molecule has 1 fully saturated rings. The van der Waals surface area contributed by atoms with Crippen molar-refractivity contribution in [2.75, 3.05) is 33.4 Å². The maximum atomic E-state index is 13.1. The molecule has 0 aliphatic carbocycles. The van der Waals surface area contributed by atoms with Gasteiger partial charge in [0.25, 0.3) is 0 Å². The maximum absolute atomic E-state index is 13.1. The Kier molecular flexibility index (Phi) is 4.70. The number of sulfonamides is 1. The number of hydrogen-bond donors (Lipinski definition) is 0. The average Bonchev–Trinajstić information content (AvgIpc) is 3.22. The van der Waals surface area contributed by atoms with Gasteiger partial charge in [0.1, 0.15) is 13.2 Å². The smallest absolute Gasteiger partial charge is 0.243 e. The fourth-order valence-corrected chi connectivity index (χ4v) is 5.33. The number of nitrogens with zero attached hydrogens (tertiary/aromatic N) is 5. The molecule has 30 heavy (non-hydrogen) atoms. The predicted molar refractivity (Wildman–Crippen MR) is 105 cm³/mol. The highest BCUT2D eigenvalue weighted by Gasteiger charge is 2.32. The minimum Gasteiger partial charge on any atom is -0.486 e. The number of piperidine rings is 1. The van der Waals surface area contributed by atoms with E-state index in [0.29, 0.717) is 62.2 Å². The third-order valence-corrected chi connectivity index (χ3v) is 7.34. The molecule has 1 saturated heterocycles. The lowest BCUT2D eigenvalue weighted by Gasteiger charge is -2.30. The van der Waals surface area contributed by atoms with Crippen LogP contribution in [0.3, 0.4) is 0 Å². The van der Waals surface area contributed by atoms with E-state index >= 15 is 0 Å². The summed E-state index contributed by atoms with van der Waals surface area (Å²) in [6.07, 6.45) is 1.26. The van der Waals surface area contributed by atoms with E-state index in [2.05, 4.69) is 15.3 Å². The molecule has 1 aromatic carbocycles. The first kappa shape index (κ1) is 19.1. The molecular weight excluding hydrogens is 410 g/mol. The van der Waals surface area contributed by atoms with Crippen molar-refractivity contribution in [2.24, 2.45) is 0 Å². The fraction of sp³-hybridized carbons (Fsp3) is 0.421. The van der Waals surface area contributed by atoms with Crippen molar-refractivity contribution in [1.82, 2.24) is 24.1 Å². The van der Waals surface area contributed by atoms with E-state index in [4.69, 9.17) is 14.2 Å². The van der Waals surface area contributed by atoms with Crippen LogP contribution in [0, 0.1) is 0 Å². The van der Waals surface area contributed by atoms with Gasteiger partial charge in [-0.15, -0.1) is 15.3 Å². The van der Waals surface area contributed by atoms with Crippen LogP contribution in [0.25, 0.3) is 5.65 Å². The lowest BCUT2D eigenvalue weighted by molar-refractivity contribution is 0.171. The monoisotopic (exact) mass is 431 g/mol. The molecule has 2 aliphatic heterocycles. The second kappa shape index (κ2) is 7.40. The van der Waals surface area contributed by atoms with Crippen LogP contribution < -0.4 is 14.2 Å². The van der Waals surface area contributed by atoms with Crippen LogP contribution in [0.4, 0.5) is 0 Å². The Labute approximate surface area is 173 Å². The van der Waals surface area contributed by atoms with Gasteiger partial charge in [-0.3, -0.25) is 0 Å². The Morgan fingerprint density at radius 1 is 1.03 bits per heavy atom. The molecule has 0 amide bonds. The van der Waals surface area contributed by atoms with Gasteiger partial charge in [-0.1, -0.05) is 0 Å². The second-order valence-electron chi connectivity index (χ2n) is 7.19. The highest BCUT2D eigenvalue weighted by molar-refractivity contribution is 7.89. The van der Waals surface area contributed by atoms with E-state index < -0.39 is 10.0 Å². The van der Waals surface area contributed by atoms with Crippen LogP contribution in [0.1, 0.15) is 24.6 Å². The molecule has 4 heterocycles. The molecule has 0 bridgehead atoms. The van der Waals surface area contributed by atoms with Crippen LogP contribution in [0.5, 0.6) is 17.4 Å². The molecule has 3 aromatic rings. The van der Waals surface area contributed by atoms with Gasteiger partial charge in [-0.25, -0.2) is 8.42 Å². The molecule has 5 rings (SSSR count). The molecule has 0 radical (unpaired) electrons. The van der Waals surface area contributed by atoms with Gasteiger partial charge in [0.2, 0.25) is 15.9 Å². The second-order valence-corrected chi connectivity index (χ2v) is 9.13. The van der Waals surface area contributed by atoms with Crippen LogP contribution >= 0.6 is 0 Å². The van der Waals surface area contributed by atoms with Crippen molar-refractivity contribution >= 4 is 15.7 Å². The molecular formula is C19H21N5O5S. The van der Waals surface area contributed by atoms with Crippen molar-refractivity contribution in [3.8, 4) is 17.4 Å². The minimum atomic E-state index is -3.62. The summed E-state index contributed by atoms with van der Waals surface area (Å²) >= 11 is 0. The summed E-state index contributed by atoms with van der Waals surface area (Å²) in [4.78, 5) is 0.213. The Morgan fingerprint density at radius 3 is 2.57 bits per heavy atom. The van der Waals surface area contributed by atoms with Gasteiger partial charge < -0.3 is 14.2 Å². The first-order valence-electron chi connectivity index (χ1n) is 9.72. The van der Waals surface area contributed by atoms with Crippen molar-refractivity contribution < 1.29 is 22.6 Å². The molecule has 0 atom stereocenters. The van der Waals surface area contributed by atoms with E-state index in [0.717, 1.165) is 5.82 Å². The molecule has 11 heteroatoms. The largest absolute Gasteiger partial charge is 0.486 e. The van der Waals surface area contributed by atoms with Gasteiger partial charge in [0.05, 0.1) is 12.0 Å². The molecule has 158 valence electrons. The van der Waals surface area contributed by atoms with E-state index in [9.17, 15) is 8.42 Å². The third-order valence-electron chi connectivity index (χ3n) is 5.44. The molecule has 10 nitrogen and oxygen atoms in total. The first-order valence-corrected chi connectivity index (χ1v) is 11.2. The van der Waals surface area contributed by atoms with Gasteiger partial charge >= 0.3 is 0 Å². The van der Waals surface area contributed by atoms with E-state index in [1.54, 1.807) is 35.9 Å². The quantitative estimate of drug-likeness (QED) is 0.611. The minimum absolute atomic E-state index is 0.0614. The number of fused-ring (bicyclic) bond motifs is 2. The lowest BCUT2D eigenvalue weighted by Crippen LogP contribution is -2.38. The summed E-state index contributed by atoms with van der Waals surface area (Å²) in [5.74, 6) is 2.29. The van der Waals surface area contributed by atoms with Gasteiger partial charge in [-0.05, 0) is 31.0 Å². The summed E-state index contributed by atoms with van der Waals surface area (Å²) in [6.45, 7) is 1.65. The van der Waals surface area contributed by atoms with Crippen LogP contribution in [0.2, 0.25) is 0 Å².